The van der Waals surface area contributed by atoms with Gasteiger partial charge in [0, 0.05) is 5.75 Å². The van der Waals surface area contributed by atoms with E-state index in [1.54, 1.807) is 0 Å². The molecule has 2 nitrogen and oxygen atoms in total. The second kappa shape index (κ2) is 7.33. The van der Waals surface area contributed by atoms with E-state index in [9.17, 15) is 0 Å². The first kappa shape index (κ1) is 14.9. The van der Waals surface area contributed by atoms with Crippen molar-refractivity contribution in [2.45, 2.75) is 39.0 Å². The highest BCUT2D eigenvalue weighted by atomic mass is 32.2. The lowest BCUT2D eigenvalue weighted by molar-refractivity contribution is 0.309. The highest BCUT2D eigenvalue weighted by Crippen LogP contribution is 2.24. The lowest BCUT2D eigenvalue weighted by Gasteiger charge is -2.19. The Bertz CT molecular complexity index is 386. The molecular formula is C15H21NOS. The summed E-state index contributed by atoms with van der Waals surface area (Å²) in [6.07, 6.45) is 2.02. The molecule has 0 aromatic heterocycles. The van der Waals surface area contributed by atoms with Crippen LogP contribution in [0, 0.1) is 10.7 Å². The van der Waals surface area contributed by atoms with Crippen LogP contribution in [0.15, 0.2) is 24.3 Å². The zero-order valence-electron chi connectivity index (χ0n) is 11.4. The van der Waals surface area contributed by atoms with Crippen LogP contribution in [0.4, 0.5) is 0 Å². The second-order valence-corrected chi connectivity index (χ2v) is 6.15. The van der Waals surface area contributed by atoms with Crippen molar-refractivity contribution in [3.05, 3.63) is 29.8 Å². The SMILES string of the molecule is CC(C)(C)c1ccc(OCCCCSC#N)cc1. The van der Waals surface area contributed by atoms with E-state index in [0.29, 0.717) is 0 Å². The molecule has 0 radical (unpaired) electrons. The Hall–Kier alpha value is -1.14. The minimum absolute atomic E-state index is 0.188. The molecule has 0 aliphatic heterocycles. The van der Waals surface area contributed by atoms with Gasteiger partial charge in [-0.05, 0) is 47.7 Å². The molecule has 0 fully saturated rings. The lowest BCUT2D eigenvalue weighted by atomic mass is 9.87. The van der Waals surface area contributed by atoms with Gasteiger partial charge in [-0.15, -0.1) is 0 Å². The van der Waals surface area contributed by atoms with Crippen molar-refractivity contribution < 1.29 is 4.74 Å². The van der Waals surface area contributed by atoms with Gasteiger partial charge in [0.1, 0.15) is 11.2 Å². The monoisotopic (exact) mass is 263 g/mol. The van der Waals surface area contributed by atoms with Crippen LogP contribution in [-0.2, 0) is 5.41 Å². The van der Waals surface area contributed by atoms with Crippen LogP contribution in [0.3, 0.4) is 0 Å². The van der Waals surface area contributed by atoms with Crippen LogP contribution in [0.2, 0.25) is 0 Å². The predicted molar refractivity (Wildman–Crippen MR) is 77.9 cm³/mol. The standard InChI is InChI=1S/C15H21NOS/c1-15(2,3)13-6-8-14(9-7-13)17-10-4-5-11-18-12-16/h6-9H,4-5,10-11H2,1-3H3. The molecular weight excluding hydrogens is 242 g/mol. The first-order valence-corrected chi connectivity index (χ1v) is 7.27. The second-order valence-electron chi connectivity index (χ2n) is 5.27. The maximum atomic E-state index is 8.37. The summed E-state index contributed by atoms with van der Waals surface area (Å²) in [4.78, 5) is 0. The molecule has 0 amide bonds. The molecule has 0 bridgehead atoms. The maximum Gasteiger partial charge on any atom is 0.133 e. The summed E-state index contributed by atoms with van der Waals surface area (Å²) >= 11 is 1.31. The zero-order valence-corrected chi connectivity index (χ0v) is 12.2. The van der Waals surface area contributed by atoms with Crippen molar-refractivity contribution >= 4 is 11.8 Å². The van der Waals surface area contributed by atoms with E-state index in [0.717, 1.165) is 31.0 Å². The number of thioether (sulfide) groups is 1. The maximum absolute atomic E-state index is 8.37. The Labute approximate surface area is 114 Å². The number of nitrogens with zero attached hydrogens (tertiary/aromatic N) is 1. The summed E-state index contributed by atoms with van der Waals surface area (Å²) in [7, 11) is 0. The number of thiocyanates is 1. The Morgan fingerprint density at radius 3 is 2.39 bits per heavy atom. The number of rotatable bonds is 6. The number of unbranched alkanes of at least 4 members (excludes halogenated alkanes) is 1. The molecule has 1 rings (SSSR count). The van der Waals surface area contributed by atoms with Gasteiger partial charge in [-0.1, -0.05) is 32.9 Å². The van der Waals surface area contributed by atoms with Gasteiger partial charge >= 0.3 is 0 Å². The Balaban J connectivity index is 2.30. The van der Waals surface area contributed by atoms with Crippen molar-refractivity contribution in [2.75, 3.05) is 12.4 Å². The summed E-state index contributed by atoms with van der Waals surface area (Å²) in [6.45, 7) is 7.34. The first-order valence-electron chi connectivity index (χ1n) is 6.28. The molecule has 0 saturated carbocycles. The van der Waals surface area contributed by atoms with Crippen LogP contribution in [0.25, 0.3) is 0 Å². The van der Waals surface area contributed by atoms with Crippen LogP contribution < -0.4 is 4.74 Å². The molecule has 0 spiro atoms. The Morgan fingerprint density at radius 2 is 1.83 bits per heavy atom. The molecule has 0 saturated heterocycles. The van der Waals surface area contributed by atoms with Crippen LogP contribution in [0.1, 0.15) is 39.2 Å². The number of hydrogen-bond acceptors (Lipinski definition) is 3. The fraction of sp³-hybridized carbons (Fsp3) is 0.533. The third-order valence-electron chi connectivity index (χ3n) is 2.69. The lowest BCUT2D eigenvalue weighted by Crippen LogP contribution is -2.10. The molecule has 1 aromatic carbocycles. The fourth-order valence-electron chi connectivity index (χ4n) is 1.56. The van der Waals surface area contributed by atoms with E-state index in [4.69, 9.17) is 10.00 Å². The molecule has 18 heavy (non-hydrogen) atoms. The normalized spacial score (nSPS) is 11.0. The number of benzene rings is 1. The summed E-state index contributed by atoms with van der Waals surface area (Å²) < 4.78 is 5.66. The van der Waals surface area contributed by atoms with E-state index in [2.05, 4.69) is 38.3 Å². The average molecular weight is 263 g/mol. The quantitative estimate of drug-likeness (QED) is 0.565. The van der Waals surface area contributed by atoms with Gasteiger partial charge in [0.2, 0.25) is 0 Å². The average Bonchev–Trinajstić information content (AvgIpc) is 2.33. The number of ether oxygens (including phenoxy) is 1. The predicted octanol–water partition coefficient (Wildman–Crippen LogP) is 4.36. The molecule has 0 N–H and O–H groups in total. The largest absolute Gasteiger partial charge is 0.494 e. The smallest absolute Gasteiger partial charge is 0.133 e. The van der Waals surface area contributed by atoms with Crippen LogP contribution >= 0.6 is 11.8 Å². The van der Waals surface area contributed by atoms with Gasteiger partial charge < -0.3 is 4.74 Å². The summed E-state index contributed by atoms with van der Waals surface area (Å²) in [5.41, 5.74) is 1.51. The van der Waals surface area contributed by atoms with Gasteiger partial charge in [0.25, 0.3) is 0 Å². The molecule has 0 aliphatic rings. The minimum atomic E-state index is 0.188. The summed E-state index contributed by atoms with van der Waals surface area (Å²) in [5.74, 6) is 1.82. The molecule has 0 unspecified atom stereocenters. The van der Waals surface area contributed by atoms with E-state index < -0.39 is 0 Å². The molecule has 3 heteroatoms. The highest BCUT2D eigenvalue weighted by molar-refractivity contribution is 8.03. The highest BCUT2D eigenvalue weighted by Gasteiger charge is 2.12. The van der Waals surface area contributed by atoms with Crippen LogP contribution in [-0.4, -0.2) is 12.4 Å². The summed E-state index contributed by atoms with van der Waals surface area (Å²) in [5, 5.41) is 10.4. The third kappa shape index (κ3) is 5.46. The van der Waals surface area contributed by atoms with E-state index in [-0.39, 0.29) is 5.41 Å². The summed E-state index contributed by atoms with van der Waals surface area (Å²) in [6, 6.07) is 8.32. The van der Waals surface area contributed by atoms with E-state index in [1.807, 2.05) is 12.1 Å². The van der Waals surface area contributed by atoms with Crippen molar-refractivity contribution in [2.24, 2.45) is 0 Å². The molecule has 0 aliphatic carbocycles. The van der Waals surface area contributed by atoms with Crippen molar-refractivity contribution in [1.82, 2.24) is 0 Å². The molecule has 1 aromatic rings. The molecule has 0 heterocycles. The first-order chi connectivity index (χ1) is 8.54. The molecule has 98 valence electrons. The van der Waals surface area contributed by atoms with E-state index >= 15 is 0 Å². The van der Waals surface area contributed by atoms with Gasteiger partial charge in [-0.3, -0.25) is 0 Å². The zero-order chi connectivity index (χ0) is 13.4. The van der Waals surface area contributed by atoms with Crippen molar-refractivity contribution in [3.8, 4) is 11.2 Å². The Kier molecular flexibility index (Phi) is 6.07. The minimum Gasteiger partial charge on any atom is -0.494 e. The van der Waals surface area contributed by atoms with Crippen molar-refractivity contribution in [3.63, 3.8) is 0 Å². The fourth-order valence-corrected chi connectivity index (χ4v) is 2.00. The number of hydrogen-bond donors (Lipinski definition) is 0. The van der Waals surface area contributed by atoms with Crippen molar-refractivity contribution in [1.29, 1.82) is 5.26 Å². The third-order valence-corrected chi connectivity index (χ3v) is 3.32. The van der Waals surface area contributed by atoms with Gasteiger partial charge in [-0.25, -0.2) is 0 Å². The van der Waals surface area contributed by atoms with E-state index in [1.165, 1.54) is 17.3 Å². The van der Waals surface area contributed by atoms with Gasteiger partial charge in [0.05, 0.1) is 6.61 Å². The molecule has 0 atom stereocenters. The van der Waals surface area contributed by atoms with Gasteiger partial charge in [0.15, 0.2) is 0 Å². The number of nitriles is 1. The van der Waals surface area contributed by atoms with Gasteiger partial charge in [-0.2, -0.15) is 5.26 Å². The van der Waals surface area contributed by atoms with Crippen LogP contribution in [0.5, 0.6) is 5.75 Å². The topological polar surface area (TPSA) is 33.0 Å². The Morgan fingerprint density at radius 1 is 1.17 bits per heavy atom.